The van der Waals surface area contributed by atoms with Crippen molar-refractivity contribution >= 4 is 5.78 Å². The third-order valence-corrected chi connectivity index (χ3v) is 6.99. The van der Waals surface area contributed by atoms with Crippen LogP contribution in [0, 0.1) is 0 Å². The molecule has 2 aromatic carbocycles. The number of piperidine rings is 1. The van der Waals surface area contributed by atoms with Crippen LogP contribution in [0.15, 0.2) is 54.6 Å². The molecule has 4 nitrogen and oxygen atoms in total. The highest BCUT2D eigenvalue weighted by atomic mass is 16.5. The smallest absolute Gasteiger partial charge is 0.166 e. The van der Waals surface area contributed by atoms with E-state index in [2.05, 4.69) is 47.1 Å². The van der Waals surface area contributed by atoms with Gasteiger partial charge in [0.15, 0.2) is 5.78 Å². The van der Waals surface area contributed by atoms with Crippen LogP contribution >= 0.6 is 0 Å². The monoisotopic (exact) mass is 434 g/mol. The number of para-hydroxylation sites is 1. The second-order valence-corrected chi connectivity index (χ2v) is 9.50. The van der Waals surface area contributed by atoms with Crippen LogP contribution < -0.4 is 4.74 Å². The van der Waals surface area contributed by atoms with Gasteiger partial charge < -0.3 is 14.5 Å². The van der Waals surface area contributed by atoms with E-state index in [1.165, 1.54) is 31.5 Å². The normalized spacial score (nSPS) is 19.2. The van der Waals surface area contributed by atoms with Crippen molar-refractivity contribution in [2.75, 3.05) is 39.3 Å². The summed E-state index contributed by atoms with van der Waals surface area (Å²) < 4.78 is 6.37. The van der Waals surface area contributed by atoms with Crippen molar-refractivity contribution in [2.24, 2.45) is 0 Å². The summed E-state index contributed by atoms with van der Waals surface area (Å²) in [5.41, 5.74) is 2.16. The van der Waals surface area contributed by atoms with E-state index in [1.54, 1.807) is 0 Å². The Morgan fingerprint density at radius 2 is 1.62 bits per heavy atom. The zero-order chi connectivity index (χ0) is 22.2. The summed E-state index contributed by atoms with van der Waals surface area (Å²) in [6.07, 6.45) is 6.36. The Balaban J connectivity index is 1.24. The molecule has 172 valence electrons. The minimum Gasteiger partial charge on any atom is -0.490 e. The van der Waals surface area contributed by atoms with Crippen molar-refractivity contribution in [1.29, 1.82) is 0 Å². The first-order chi connectivity index (χ1) is 15.7. The fourth-order valence-electron chi connectivity index (χ4n) is 5.07. The molecule has 2 heterocycles. The molecule has 0 aromatic heterocycles. The number of ether oxygens (including phenoxy) is 1. The predicted octanol–water partition coefficient (Wildman–Crippen LogP) is 5.39. The van der Waals surface area contributed by atoms with Crippen LogP contribution in [-0.2, 0) is 0 Å². The van der Waals surface area contributed by atoms with Crippen molar-refractivity contribution in [1.82, 2.24) is 9.80 Å². The minimum atomic E-state index is 0.192. The number of benzene rings is 2. The van der Waals surface area contributed by atoms with E-state index in [1.807, 2.05) is 24.3 Å². The molecule has 0 radical (unpaired) electrons. The van der Waals surface area contributed by atoms with Gasteiger partial charge in [0.05, 0.1) is 5.56 Å². The third kappa shape index (κ3) is 6.43. The average molecular weight is 435 g/mol. The number of hydrogen-bond donors (Lipinski definition) is 0. The Morgan fingerprint density at radius 3 is 2.38 bits per heavy atom. The van der Waals surface area contributed by atoms with Crippen molar-refractivity contribution in [3.63, 3.8) is 0 Å². The van der Waals surface area contributed by atoms with E-state index in [-0.39, 0.29) is 11.9 Å². The summed E-state index contributed by atoms with van der Waals surface area (Å²) in [4.78, 5) is 17.9. The van der Waals surface area contributed by atoms with Crippen LogP contribution in [0.3, 0.4) is 0 Å². The summed E-state index contributed by atoms with van der Waals surface area (Å²) in [7, 11) is 0. The Hall–Kier alpha value is -2.17. The molecule has 0 spiro atoms. The molecule has 1 unspecified atom stereocenters. The summed E-state index contributed by atoms with van der Waals surface area (Å²) in [5, 5.41) is 0. The van der Waals surface area contributed by atoms with Crippen LogP contribution in [0.1, 0.15) is 67.3 Å². The van der Waals surface area contributed by atoms with Gasteiger partial charge in [-0.1, -0.05) is 49.4 Å². The van der Waals surface area contributed by atoms with Crippen LogP contribution in [0.5, 0.6) is 5.75 Å². The summed E-state index contributed by atoms with van der Waals surface area (Å²) in [6, 6.07) is 18.6. The molecule has 2 aliphatic heterocycles. The highest BCUT2D eigenvalue weighted by Gasteiger charge is 2.23. The molecule has 4 rings (SSSR count). The number of ketones is 1. The molecule has 4 heteroatoms. The molecule has 0 saturated carbocycles. The van der Waals surface area contributed by atoms with Gasteiger partial charge in [0.1, 0.15) is 11.9 Å². The van der Waals surface area contributed by atoms with E-state index in [0.717, 1.165) is 56.8 Å². The molecule has 32 heavy (non-hydrogen) atoms. The molecule has 2 aromatic rings. The highest BCUT2D eigenvalue weighted by molar-refractivity contribution is 5.98. The lowest BCUT2D eigenvalue weighted by atomic mass is 9.99. The summed E-state index contributed by atoms with van der Waals surface area (Å²) in [6.45, 7) is 8.91. The third-order valence-electron chi connectivity index (χ3n) is 6.99. The first-order valence-corrected chi connectivity index (χ1v) is 12.5. The van der Waals surface area contributed by atoms with Gasteiger partial charge in [-0.3, -0.25) is 4.79 Å². The number of carbonyl (C=O) groups excluding carboxylic acids is 1. The zero-order valence-electron chi connectivity index (χ0n) is 19.5. The molecule has 0 N–H and O–H groups in total. The SMILES string of the molecule is CC(CN1CCC(Oc2ccccc2C(=O)CCCN2CCCC2)CC1)c1ccccc1. The number of nitrogens with zero attached hydrogens (tertiary/aromatic N) is 2. The fraction of sp³-hybridized carbons (Fsp3) is 0.536. The molecule has 0 bridgehead atoms. The topological polar surface area (TPSA) is 32.8 Å². The molecule has 2 fully saturated rings. The van der Waals surface area contributed by atoms with Crippen molar-refractivity contribution in [2.45, 2.75) is 57.5 Å². The lowest BCUT2D eigenvalue weighted by Gasteiger charge is -2.34. The Morgan fingerprint density at radius 1 is 0.938 bits per heavy atom. The number of Topliss-reactive ketones (excluding diaryl/α,β-unsaturated/α-hetero) is 1. The standard InChI is InChI=1S/C28H38N2O2/c1-23(24-10-3-2-4-11-24)22-30-20-15-25(16-21-30)32-28-14-6-5-12-26(28)27(31)13-9-19-29-17-7-8-18-29/h2-6,10-12,14,23,25H,7-9,13,15-22H2,1H3. The van der Waals surface area contributed by atoms with Gasteiger partial charge in [-0.2, -0.15) is 0 Å². The van der Waals surface area contributed by atoms with E-state index >= 15 is 0 Å². The van der Waals surface area contributed by atoms with Crippen molar-refractivity contribution in [3.8, 4) is 5.75 Å². The molecule has 0 amide bonds. The van der Waals surface area contributed by atoms with Gasteiger partial charge in [-0.15, -0.1) is 0 Å². The van der Waals surface area contributed by atoms with E-state index in [4.69, 9.17) is 4.74 Å². The zero-order valence-corrected chi connectivity index (χ0v) is 19.5. The van der Waals surface area contributed by atoms with Gasteiger partial charge in [-0.25, -0.2) is 0 Å². The van der Waals surface area contributed by atoms with E-state index in [0.29, 0.717) is 12.3 Å². The van der Waals surface area contributed by atoms with Crippen LogP contribution in [0.2, 0.25) is 0 Å². The van der Waals surface area contributed by atoms with Crippen molar-refractivity contribution < 1.29 is 9.53 Å². The van der Waals surface area contributed by atoms with Crippen LogP contribution in [0.4, 0.5) is 0 Å². The lowest BCUT2D eigenvalue weighted by molar-refractivity contribution is 0.0910. The van der Waals surface area contributed by atoms with Gasteiger partial charge in [-0.05, 0) is 75.4 Å². The number of carbonyl (C=O) groups is 1. The molecular formula is C28H38N2O2. The maximum atomic E-state index is 12.9. The van der Waals surface area contributed by atoms with Crippen LogP contribution in [0.25, 0.3) is 0 Å². The molecule has 2 saturated heterocycles. The van der Waals surface area contributed by atoms with Gasteiger partial charge in [0.25, 0.3) is 0 Å². The minimum absolute atomic E-state index is 0.192. The maximum Gasteiger partial charge on any atom is 0.166 e. The molecular weight excluding hydrogens is 396 g/mol. The van der Waals surface area contributed by atoms with Gasteiger partial charge >= 0.3 is 0 Å². The maximum absolute atomic E-state index is 12.9. The van der Waals surface area contributed by atoms with E-state index < -0.39 is 0 Å². The lowest BCUT2D eigenvalue weighted by Crippen LogP contribution is -2.40. The Labute approximate surface area is 193 Å². The Bertz CT molecular complexity index is 840. The quantitative estimate of drug-likeness (QED) is 0.469. The molecule has 1 atom stereocenters. The molecule has 2 aliphatic rings. The van der Waals surface area contributed by atoms with Crippen LogP contribution in [-0.4, -0.2) is 61.0 Å². The second kappa shape index (κ2) is 11.6. The molecule has 0 aliphatic carbocycles. The summed E-state index contributed by atoms with van der Waals surface area (Å²) in [5.74, 6) is 1.52. The first kappa shape index (κ1) is 23.0. The van der Waals surface area contributed by atoms with E-state index in [9.17, 15) is 4.79 Å². The largest absolute Gasteiger partial charge is 0.490 e. The summed E-state index contributed by atoms with van der Waals surface area (Å²) >= 11 is 0. The fourth-order valence-corrected chi connectivity index (χ4v) is 5.07. The number of hydrogen-bond acceptors (Lipinski definition) is 4. The van der Waals surface area contributed by atoms with Gasteiger partial charge in [0.2, 0.25) is 0 Å². The van der Waals surface area contributed by atoms with Crippen molar-refractivity contribution in [3.05, 3.63) is 65.7 Å². The second-order valence-electron chi connectivity index (χ2n) is 9.50. The predicted molar refractivity (Wildman–Crippen MR) is 131 cm³/mol. The average Bonchev–Trinajstić information content (AvgIpc) is 3.35. The Kier molecular flexibility index (Phi) is 8.36. The number of rotatable bonds is 10. The first-order valence-electron chi connectivity index (χ1n) is 12.5. The highest BCUT2D eigenvalue weighted by Crippen LogP contribution is 2.26. The number of likely N-dealkylation sites (tertiary alicyclic amines) is 2. The van der Waals surface area contributed by atoms with Gasteiger partial charge in [0, 0.05) is 26.1 Å².